The maximum atomic E-state index is 12.7. The molecule has 206 valence electrons. The Morgan fingerprint density at radius 2 is 1.73 bits per heavy atom. The molecule has 0 aliphatic carbocycles. The molecule has 1 amide bonds. The normalized spacial score (nSPS) is 16.9. The van der Waals surface area contributed by atoms with Crippen molar-refractivity contribution >= 4 is 34.6 Å². The summed E-state index contributed by atoms with van der Waals surface area (Å²) in [5, 5.41) is 7.06. The number of benzene rings is 2. The first-order valence-electron chi connectivity index (χ1n) is 13.0. The van der Waals surface area contributed by atoms with Crippen LogP contribution in [0.4, 0.5) is 11.4 Å². The van der Waals surface area contributed by atoms with Crippen LogP contribution in [0, 0.1) is 5.41 Å². The highest BCUT2D eigenvalue weighted by molar-refractivity contribution is 7.80. The summed E-state index contributed by atoms with van der Waals surface area (Å²) >= 11 is 5.93. The standard InChI is InChI=1S/C31H33N5O3S/c1-31(2,3)29(37)33-23-16-13-21(19-26(23)39-5)36-28(27(34-30(36)40)24-9-6-7-17-32-24)25-10-8-18-35(25)20-11-14-22(38-4)15-12-20/h6-19,27-28H,1-5H3,(H,33,37)(H,34,40)/t27-,28+/m1/s1. The second kappa shape index (κ2) is 11.0. The molecule has 2 N–H and O–H groups in total. The van der Waals surface area contributed by atoms with Gasteiger partial charge in [-0.2, -0.15) is 0 Å². The zero-order chi connectivity index (χ0) is 28.4. The quantitative estimate of drug-likeness (QED) is 0.269. The van der Waals surface area contributed by atoms with Gasteiger partial charge in [-0.3, -0.25) is 9.78 Å². The molecule has 0 saturated carbocycles. The first-order chi connectivity index (χ1) is 19.2. The van der Waals surface area contributed by atoms with Crippen molar-refractivity contribution in [3.63, 3.8) is 0 Å². The molecule has 3 heterocycles. The highest BCUT2D eigenvalue weighted by Crippen LogP contribution is 2.44. The van der Waals surface area contributed by atoms with Gasteiger partial charge < -0.3 is 29.6 Å². The molecule has 0 bridgehead atoms. The number of amides is 1. The fraction of sp³-hybridized carbons (Fsp3) is 0.258. The van der Waals surface area contributed by atoms with Crippen LogP contribution in [0.25, 0.3) is 5.69 Å². The summed E-state index contributed by atoms with van der Waals surface area (Å²) in [6.45, 7) is 5.62. The Balaban J connectivity index is 1.60. The summed E-state index contributed by atoms with van der Waals surface area (Å²) in [6.07, 6.45) is 3.83. The van der Waals surface area contributed by atoms with Gasteiger partial charge in [0.2, 0.25) is 5.91 Å². The van der Waals surface area contributed by atoms with Crippen LogP contribution in [-0.4, -0.2) is 34.8 Å². The Kier molecular flexibility index (Phi) is 7.49. The topological polar surface area (TPSA) is 80.7 Å². The number of aromatic nitrogens is 2. The van der Waals surface area contributed by atoms with E-state index in [1.54, 1.807) is 20.4 Å². The van der Waals surface area contributed by atoms with Crippen molar-refractivity contribution in [1.82, 2.24) is 14.9 Å². The molecule has 1 aliphatic rings. The fourth-order valence-electron chi connectivity index (χ4n) is 4.79. The van der Waals surface area contributed by atoms with E-state index in [1.807, 2.05) is 93.7 Å². The molecule has 9 heteroatoms. The van der Waals surface area contributed by atoms with Gasteiger partial charge >= 0.3 is 0 Å². The van der Waals surface area contributed by atoms with E-state index in [2.05, 4.69) is 31.2 Å². The molecule has 2 aromatic carbocycles. The van der Waals surface area contributed by atoms with Gasteiger partial charge in [0.05, 0.1) is 31.6 Å². The van der Waals surface area contributed by atoms with Crippen molar-refractivity contribution in [2.75, 3.05) is 24.4 Å². The maximum absolute atomic E-state index is 12.7. The molecule has 0 spiro atoms. The zero-order valence-electron chi connectivity index (χ0n) is 23.2. The lowest BCUT2D eigenvalue weighted by Gasteiger charge is -2.29. The van der Waals surface area contributed by atoms with Gasteiger partial charge in [0.25, 0.3) is 0 Å². The third kappa shape index (κ3) is 5.24. The van der Waals surface area contributed by atoms with Crippen LogP contribution >= 0.6 is 12.2 Å². The molecule has 0 radical (unpaired) electrons. The van der Waals surface area contributed by atoms with Gasteiger partial charge in [0, 0.05) is 40.9 Å². The lowest BCUT2D eigenvalue weighted by Crippen LogP contribution is -2.30. The number of rotatable bonds is 7. The minimum atomic E-state index is -0.544. The SMILES string of the molecule is COc1ccc(-n2cccc2[C@H]2[C@@H](c3ccccn3)NC(=S)N2c2ccc(NC(=O)C(C)(C)C)c(OC)c2)cc1. The molecule has 2 atom stereocenters. The number of nitrogens with zero attached hydrogens (tertiary/aromatic N) is 3. The van der Waals surface area contributed by atoms with Crippen molar-refractivity contribution in [2.45, 2.75) is 32.9 Å². The molecule has 8 nitrogen and oxygen atoms in total. The number of ether oxygens (including phenoxy) is 2. The smallest absolute Gasteiger partial charge is 0.229 e. The Morgan fingerprint density at radius 3 is 2.38 bits per heavy atom. The highest BCUT2D eigenvalue weighted by atomic mass is 32.1. The van der Waals surface area contributed by atoms with E-state index in [-0.39, 0.29) is 18.0 Å². The van der Waals surface area contributed by atoms with Gasteiger partial charge in [0.15, 0.2) is 5.11 Å². The van der Waals surface area contributed by atoms with Gasteiger partial charge in [0.1, 0.15) is 17.5 Å². The summed E-state index contributed by atoms with van der Waals surface area (Å²) in [6, 6.07) is 23.2. The van der Waals surface area contributed by atoms with Crippen molar-refractivity contribution in [1.29, 1.82) is 0 Å². The summed E-state index contributed by atoms with van der Waals surface area (Å²) in [7, 11) is 3.25. The van der Waals surface area contributed by atoms with E-state index in [4.69, 9.17) is 21.7 Å². The Morgan fingerprint density at radius 1 is 0.975 bits per heavy atom. The summed E-state index contributed by atoms with van der Waals surface area (Å²) in [4.78, 5) is 19.4. The van der Waals surface area contributed by atoms with E-state index in [9.17, 15) is 4.79 Å². The predicted molar refractivity (Wildman–Crippen MR) is 161 cm³/mol. The van der Waals surface area contributed by atoms with Crippen molar-refractivity contribution < 1.29 is 14.3 Å². The average molecular weight is 556 g/mol. The van der Waals surface area contributed by atoms with Gasteiger partial charge in [-0.05, 0) is 72.9 Å². The minimum absolute atomic E-state index is 0.0951. The largest absolute Gasteiger partial charge is 0.497 e. The van der Waals surface area contributed by atoms with Crippen LogP contribution in [0.5, 0.6) is 11.5 Å². The van der Waals surface area contributed by atoms with Gasteiger partial charge in [-0.25, -0.2) is 0 Å². The summed E-state index contributed by atoms with van der Waals surface area (Å²) in [5.41, 5.74) is 3.78. The number of carbonyl (C=O) groups excluding carboxylic acids is 1. The Hall–Kier alpha value is -4.37. The third-order valence-corrected chi connectivity index (χ3v) is 7.24. The van der Waals surface area contributed by atoms with Crippen LogP contribution in [0.3, 0.4) is 0 Å². The number of hydrogen-bond donors (Lipinski definition) is 2. The number of thiocarbonyl (C=S) groups is 1. The monoisotopic (exact) mass is 555 g/mol. The van der Waals surface area contributed by atoms with Gasteiger partial charge in [-0.15, -0.1) is 0 Å². The first-order valence-corrected chi connectivity index (χ1v) is 13.4. The van der Waals surface area contributed by atoms with Crippen molar-refractivity contribution in [3.8, 4) is 17.2 Å². The van der Waals surface area contributed by atoms with Gasteiger partial charge in [-0.1, -0.05) is 26.8 Å². The minimum Gasteiger partial charge on any atom is -0.497 e. The zero-order valence-corrected chi connectivity index (χ0v) is 24.0. The fourth-order valence-corrected chi connectivity index (χ4v) is 5.14. The Bertz CT molecular complexity index is 1510. The summed E-state index contributed by atoms with van der Waals surface area (Å²) in [5.74, 6) is 1.24. The van der Waals surface area contributed by atoms with Crippen molar-refractivity contribution in [3.05, 3.63) is 96.6 Å². The molecule has 5 rings (SSSR count). The number of hydrogen-bond acceptors (Lipinski definition) is 5. The van der Waals surface area contributed by atoms with Crippen molar-refractivity contribution in [2.24, 2.45) is 5.41 Å². The van der Waals surface area contributed by atoms with Crippen LogP contribution in [0.15, 0.2) is 85.2 Å². The van der Waals surface area contributed by atoms with E-state index < -0.39 is 5.41 Å². The predicted octanol–water partition coefficient (Wildman–Crippen LogP) is 6.05. The lowest BCUT2D eigenvalue weighted by atomic mass is 9.95. The molecule has 1 fully saturated rings. The van der Waals surface area contributed by atoms with Crippen LogP contribution < -0.4 is 25.0 Å². The molecule has 0 unspecified atom stereocenters. The molecule has 1 aliphatic heterocycles. The molecule has 4 aromatic rings. The molecular weight excluding hydrogens is 522 g/mol. The third-order valence-electron chi connectivity index (χ3n) is 6.92. The molecule has 2 aromatic heterocycles. The highest BCUT2D eigenvalue weighted by Gasteiger charge is 2.42. The molecule has 40 heavy (non-hydrogen) atoms. The van der Waals surface area contributed by atoms with E-state index >= 15 is 0 Å². The van der Waals surface area contributed by atoms with E-state index in [0.29, 0.717) is 16.5 Å². The second-order valence-corrected chi connectivity index (χ2v) is 11.0. The number of anilines is 2. The molecular formula is C31H33N5O3S. The van der Waals surface area contributed by atoms with Crippen LogP contribution in [-0.2, 0) is 4.79 Å². The van der Waals surface area contributed by atoms with Crippen LogP contribution in [0.1, 0.15) is 44.2 Å². The molecule has 1 saturated heterocycles. The number of pyridine rings is 1. The Labute approximate surface area is 239 Å². The van der Waals surface area contributed by atoms with E-state index in [1.165, 1.54) is 0 Å². The van der Waals surface area contributed by atoms with Crippen LogP contribution in [0.2, 0.25) is 0 Å². The number of nitrogens with one attached hydrogen (secondary N) is 2. The average Bonchev–Trinajstić information content (AvgIpc) is 3.57. The number of carbonyl (C=O) groups is 1. The number of methoxy groups -OCH3 is 2. The summed E-state index contributed by atoms with van der Waals surface area (Å²) < 4.78 is 13.2. The second-order valence-electron chi connectivity index (χ2n) is 10.6. The lowest BCUT2D eigenvalue weighted by molar-refractivity contribution is -0.123. The van der Waals surface area contributed by atoms with E-state index in [0.717, 1.165) is 28.5 Å². The first kappa shape index (κ1) is 27.2. The maximum Gasteiger partial charge on any atom is 0.229 e.